The predicted octanol–water partition coefficient (Wildman–Crippen LogP) is 1.61. The van der Waals surface area contributed by atoms with Gasteiger partial charge >= 0.3 is 6.09 Å². The highest BCUT2D eigenvalue weighted by atomic mass is 32.2. The largest absolute Gasteiger partial charge is 0.444 e. The number of hydrogen-bond acceptors (Lipinski definition) is 5. The highest BCUT2D eigenvalue weighted by Crippen LogP contribution is 2.40. The molecule has 0 bridgehead atoms. The van der Waals surface area contributed by atoms with Crippen molar-refractivity contribution >= 4 is 16.2 Å². The third-order valence-corrected chi connectivity index (χ3v) is 4.29. The van der Waals surface area contributed by atoms with E-state index >= 15 is 0 Å². The van der Waals surface area contributed by atoms with Gasteiger partial charge in [-0.05, 0) is 45.4 Å². The summed E-state index contributed by atoms with van der Waals surface area (Å²) < 4.78 is 32.7. The third kappa shape index (κ3) is 4.09. The topological polar surface area (TPSA) is 72.9 Å². The van der Waals surface area contributed by atoms with Crippen LogP contribution in [0.1, 0.15) is 33.6 Å². The Bertz CT molecular complexity index is 467. The standard InChI is InChI=1S/C13H23NO5S/c1-13(2,3)18-12(15)14-7-9-5-11(6-10(9)8-14)19-20(4,16)17/h9-11H,5-8H2,1-4H3. The van der Waals surface area contributed by atoms with Gasteiger partial charge in [-0.2, -0.15) is 8.42 Å². The number of carbonyl (C=O) groups excluding carboxylic acids is 1. The van der Waals surface area contributed by atoms with E-state index < -0.39 is 15.7 Å². The summed E-state index contributed by atoms with van der Waals surface area (Å²) in [4.78, 5) is 13.7. The molecule has 2 fully saturated rings. The Morgan fingerprint density at radius 3 is 2.05 bits per heavy atom. The fourth-order valence-electron chi connectivity index (χ4n) is 3.05. The summed E-state index contributed by atoms with van der Waals surface area (Å²) in [6.45, 7) is 6.79. The molecule has 6 nitrogen and oxygen atoms in total. The first kappa shape index (κ1) is 15.6. The summed E-state index contributed by atoms with van der Waals surface area (Å²) in [5.41, 5.74) is -0.489. The SMILES string of the molecule is CC(C)(C)OC(=O)N1CC2CC(OS(C)(=O)=O)CC2C1. The van der Waals surface area contributed by atoms with Crippen molar-refractivity contribution in [2.75, 3.05) is 19.3 Å². The number of hydrogen-bond donors (Lipinski definition) is 0. The first-order valence-corrected chi connectivity index (χ1v) is 8.71. The second-order valence-electron chi connectivity index (χ2n) is 6.80. The molecule has 0 aromatic carbocycles. The molecule has 1 aliphatic heterocycles. The molecule has 1 saturated heterocycles. The minimum atomic E-state index is -3.40. The van der Waals surface area contributed by atoms with Crippen LogP contribution in [0.4, 0.5) is 4.79 Å². The van der Waals surface area contributed by atoms with Crippen molar-refractivity contribution in [1.29, 1.82) is 0 Å². The number of fused-ring (bicyclic) bond motifs is 1. The molecule has 1 aliphatic carbocycles. The van der Waals surface area contributed by atoms with Gasteiger partial charge in [-0.15, -0.1) is 0 Å². The number of rotatable bonds is 2. The van der Waals surface area contributed by atoms with Crippen LogP contribution in [0.2, 0.25) is 0 Å². The summed E-state index contributed by atoms with van der Waals surface area (Å²) in [6.07, 6.45) is 1.94. The molecule has 116 valence electrons. The number of ether oxygens (including phenoxy) is 1. The molecule has 0 aromatic rings. The lowest BCUT2D eigenvalue weighted by Crippen LogP contribution is -2.36. The maximum atomic E-state index is 12.0. The number of nitrogens with zero attached hydrogens (tertiary/aromatic N) is 1. The number of carbonyl (C=O) groups is 1. The van der Waals surface area contributed by atoms with Gasteiger partial charge in [0.2, 0.25) is 0 Å². The summed E-state index contributed by atoms with van der Waals surface area (Å²) >= 11 is 0. The zero-order valence-corrected chi connectivity index (χ0v) is 13.3. The molecule has 0 N–H and O–H groups in total. The first-order chi connectivity index (χ1) is 9.03. The highest BCUT2D eigenvalue weighted by molar-refractivity contribution is 7.86. The molecule has 20 heavy (non-hydrogen) atoms. The summed E-state index contributed by atoms with van der Waals surface area (Å²) in [5, 5.41) is 0. The Hall–Kier alpha value is -0.820. The lowest BCUT2D eigenvalue weighted by atomic mass is 10.0. The van der Waals surface area contributed by atoms with Crippen LogP contribution < -0.4 is 0 Å². The minimum absolute atomic E-state index is 0.235. The van der Waals surface area contributed by atoms with E-state index in [1.54, 1.807) is 4.90 Å². The van der Waals surface area contributed by atoms with Crippen molar-refractivity contribution < 1.29 is 22.1 Å². The molecule has 7 heteroatoms. The molecule has 2 rings (SSSR count). The van der Waals surface area contributed by atoms with Gasteiger partial charge in [0, 0.05) is 13.1 Å². The molecule has 2 unspecified atom stereocenters. The van der Waals surface area contributed by atoms with Crippen LogP contribution >= 0.6 is 0 Å². The van der Waals surface area contributed by atoms with Crippen molar-refractivity contribution in [1.82, 2.24) is 4.90 Å². The van der Waals surface area contributed by atoms with Crippen LogP contribution in [0, 0.1) is 11.8 Å². The molecule has 1 saturated carbocycles. The van der Waals surface area contributed by atoms with E-state index in [1.165, 1.54) is 0 Å². The first-order valence-electron chi connectivity index (χ1n) is 6.90. The molecule has 1 heterocycles. The molecule has 0 aromatic heterocycles. The Balaban J connectivity index is 1.87. The molecule has 1 amide bonds. The number of likely N-dealkylation sites (tertiary alicyclic amines) is 1. The summed E-state index contributed by atoms with van der Waals surface area (Å²) in [6, 6.07) is 0. The van der Waals surface area contributed by atoms with Crippen LogP contribution in [-0.2, 0) is 19.0 Å². The van der Waals surface area contributed by atoms with Crippen LogP contribution in [0.15, 0.2) is 0 Å². The Labute approximate surface area is 120 Å². The van der Waals surface area contributed by atoms with Crippen LogP contribution in [0.3, 0.4) is 0 Å². The van der Waals surface area contributed by atoms with Gasteiger partial charge in [0.1, 0.15) is 5.60 Å². The molecule has 2 aliphatic rings. The summed E-state index contributed by atoms with van der Waals surface area (Å²) in [7, 11) is -3.40. The summed E-state index contributed by atoms with van der Waals surface area (Å²) in [5.74, 6) is 0.628. The minimum Gasteiger partial charge on any atom is -0.444 e. The Morgan fingerprint density at radius 1 is 1.15 bits per heavy atom. The van der Waals surface area contributed by atoms with Crippen molar-refractivity contribution in [3.05, 3.63) is 0 Å². The van der Waals surface area contributed by atoms with Gasteiger partial charge in [0.25, 0.3) is 10.1 Å². The number of amides is 1. The predicted molar refractivity (Wildman–Crippen MR) is 73.7 cm³/mol. The van der Waals surface area contributed by atoms with E-state index in [9.17, 15) is 13.2 Å². The van der Waals surface area contributed by atoms with E-state index in [-0.39, 0.29) is 12.2 Å². The van der Waals surface area contributed by atoms with Crippen LogP contribution in [0.5, 0.6) is 0 Å². The average Bonchev–Trinajstić information content (AvgIpc) is 2.68. The molecule has 2 atom stereocenters. The normalized spacial score (nSPS) is 30.4. The van der Waals surface area contributed by atoms with Gasteiger partial charge < -0.3 is 9.64 Å². The molecular weight excluding hydrogens is 282 g/mol. The average molecular weight is 305 g/mol. The van der Waals surface area contributed by atoms with Crippen molar-refractivity contribution in [3.63, 3.8) is 0 Å². The molecule has 0 radical (unpaired) electrons. The highest BCUT2D eigenvalue weighted by Gasteiger charge is 2.44. The van der Waals surface area contributed by atoms with Crippen molar-refractivity contribution in [3.8, 4) is 0 Å². The second-order valence-corrected chi connectivity index (χ2v) is 8.40. The van der Waals surface area contributed by atoms with Gasteiger partial charge in [-0.1, -0.05) is 0 Å². The zero-order chi connectivity index (χ0) is 15.1. The van der Waals surface area contributed by atoms with Crippen molar-refractivity contribution in [2.24, 2.45) is 11.8 Å². The van der Waals surface area contributed by atoms with E-state index in [4.69, 9.17) is 8.92 Å². The van der Waals surface area contributed by atoms with Crippen molar-refractivity contribution in [2.45, 2.75) is 45.3 Å². The lowest BCUT2D eigenvalue weighted by molar-refractivity contribution is 0.0272. The maximum Gasteiger partial charge on any atom is 0.410 e. The lowest BCUT2D eigenvalue weighted by Gasteiger charge is -2.25. The third-order valence-electron chi connectivity index (χ3n) is 3.67. The van der Waals surface area contributed by atoms with E-state index in [0.717, 1.165) is 6.26 Å². The Morgan fingerprint density at radius 2 is 1.65 bits per heavy atom. The monoisotopic (exact) mass is 305 g/mol. The van der Waals surface area contributed by atoms with Crippen LogP contribution in [-0.4, -0.2) is 50.5 Å². The fraction of sp³-hybridized carbons (Fsp3) is 0.923. The van der Waals surface area contributed by atoms with Crippen LogP contribution in [0.25, 0.3) is 0 Å². The quantitative estimate of drug-likeness (QED) is 0.725. The van der Waals surface area contributed by atoms with E-state index in [0.29, 0.717) is 37.8 Å². The van der Waals surface area contributed by atoms with Gasteiger partial charge in [-0.3, -0.25) is 4.18 Å². The second kappa shape index (κ2) is 5.18. The molecule has 0 spiro atoms. The van der Waals surface area contributed by atoms with Gasteiger partial charge in [0.15, 0.2) is 0 Å². The smallest absolute Gasteiger partial charge is 0.410 e. The van der Waals surface area contributed by atoms with E-state index in [2.05, 4.69) is 0 Å². The van der Waals surface area contributed by atoms with Gasteiger partial charge in [-0.25, -0.2) is 4.79 Å². The Kier molecular flexibility index (Phi) is 4.03. The van der Waals surface area contributed by atoms with E-state index in [1.807, 2.05) is 20.8 Å². The van der Waals surface area contributed by atoms with Gasteiger partial charge in [0.05, 0.1) is 12.4 Å². The maximum absolute atomic E-state index is 12.0. The molecular formula is C13H23NO5S. The fourth-order valence-corrected chi connectivity index (χ4v) is 3.70. The zero-order valence-electron chi connectivity index (χ0n) is 12.5.